The third kappa shape index (κ3) is 1.04. The van der Waals surface area contributed by atoms with Gasteiger partial charge in [-0.15, -0.1) is 0 Å². The zero-order valence-electron chi connectivity index (χ0n) is 7.42. The smallest absolute Gasteiger partial charge is 0.119 e. The molecule has 12 heavy (non-hydrogen) atoms. The van der Waals surface area contributed by atoms with E-state index in [-0.39, 0.29) is 0 Å². The van der Waals surface area contributed by atoms with Gasteiger partial charge in [-0.05, 0) is 23.8 Å². The molecule has 0 aromatic heterocycles. The Morgan fingerprint density at radius 2 is 2.33 bits per heavy atom. The second kappa shape index (κ2) is 2.70. The Labute approximate surface area is 72.5 Å². The summed E-state index contributed by atoms with van der Waals surface area (Å²) < 4.78 is 5.16. The van der Waals surface area contributed by atoms with Crippen LogP contribution in [0.1, 0.15) is 18.4 Å². The van der Waals surface area contributed by atoms with E-state index < -0.39 is 0 Å². The van der Waals surface area contributed by atoms with E-state index in [1.165, 1.54) is 11.3 Å². The van der Waals surface area contributed by atoms with Crippen molar-refractivity contribution in [1.82, 2.24) is 0 Å². The summed E-state index contributed by atoms with van der Waals surface area (Å²) in [6.45, 7) is 3.26. The summed E-state index contributed by atoms with van der Waals surface area (Å²) in [5.41, 5.74) is 2.62. The van der Waals surface area contributed by atoms with Crippen molar-refractivity contribution in [3.8, 4) is 5.75 Å². The molecule has 0 amide bonds. The van der Waals surface area contributed by atoms with Crippen molar-refractivity contribution in [2.75, 3.05) is 19.0 Å². The number of hydrogen-bond acceptors (Lipinski definition) is 2. The molecule has 1 unspecified atom stereocenters. The van der Waals surface area contributed by atoms with Crippen LogP contribution in [0.5, 0.6) is 5.75 Å². The summed E-state index contributed by atoms with van der Waals surface area (Å²) in [6, 6.07) is 6.18. The Hall–Kier alpha value is -1.18. The first kappa shape index (κ1) is 7.47. The molecule has 0 bridgehead atoms. The van der Waals surface area contributed by atoms with Gasteiger partial charge in [-0.2, -0.15) is 0 Å². The monoisotopic (exact) mass is 163 g/mol. The first-order chi connectivity index (χ1) is 5.81. The molecule has 64 valence electrons. The highest BCUT2D eigenvalue weighted by atomic mass is 16.5. The summed E-state index contributed by atoms with van der Waals surface area (Å²) in [6.07, 6.45) is 0. The molecule has 0 spiro atoms. The van der Waals surface area contributed by atoms with Crippen LogP contribution in [-0.2, 0) is 0 Å². The van der Waals surface area contributed by atoms with Crippen molar-refractivity contribution < 1.29 is 4.74 Å². The maximum atomic E-state index is 5.16. The molecule has 1 atom stereocenters. The van der Waals surface area contributed by atoms with Gasteiger partial charge in [0.25, 0.3) is 0 Å². The molecule has 1 aliphatic heterocycles. The third-order valence-corrected chi connectivity index (χ3v) is 2.39. The fourth-order valence-electron chi connectivity index (χ4n) is 1.61. The normalized spacial score (nSPS) is 20.0. The highest BCUT2D eigenvalue weighted by Gasteiger charge is 2.17. The number of nitrogens with one attached hydrogen (secondary N) is 1. The number of methoxy groups -OCH3 is 1. The SMILES string of the molecule is COc1ccc2c(c1)C(C)CN2. The van der Waals surface area contributed by atoms with Gasteiger partial charge in [0.1, 0.15) is 5.75 Å². The predicted octanol–water partition coefficient (Wildman–Crippen LogP) is 2.22. The maximum absolute atomic E-state index is 5.16. The molecule has 2 nitrogen and oxygen atoms in total. The molecule has 1 aromatic rings. The van der Waals surface area contributed by atoms with Gasteiger partial charge in [0.15, 0.2) is 0 Å². The molecule has 1 aromatic carbocycles. The standard InChI is InChI=1S/C10H13NO/c1-7-6-11-10-4-3-8(12-2)5-9(7)10/h3-5,7,11H,6H2,1-2H3. The molecular weight excluding hydrogens is 150 g/mol. The van der Waals surface area contributed by atoms with Crippen molar-refractivity contribution in [3.05, 3.63) is 23.8 Å². The third-order valence-electron chi connectivity index (χ3n) is 2.39. The number of anilines is 1. The van der Waals surface area contributed by atoms with Crippen molar-refractivity contribution in [2.45, 2.75) is 12.8 Å². The highest BCUT2D eigenvalue weighted by molar-refractivity contribution is 5.59. The fraction of sp³-hybridized carbons (Fsp3) is 0.400. The van der Waals surface area contributed by atoms with E-state index in [9.17, 15) is 0 Å². The average molecular weight is 163 g/mol. The van der Waals surface area contributed by atoms with Crippen molar-refractivity contribution in [2.24, 2.45) is 0 Å². The lowest BCUT2D eigenvalue weighted by molar-refractivity contribution is 0.414. The van der Waals surface area contributed by atoms with Crippen molar-refractivity contribution in [1.29, 1.82) is 0 Å². The quantitative estimate of drug-likeness (QED) is 0.685. The van der Waals surface area contributed by atoms with Crippen molar-refractivity contribution >= 4 is 5.69 Å². The van der Waals surface area contributed by atoms with Gasteiger partial charge in [0, 0.05) is 18.2 Å². The van der Waals surface area contributed by atoms with E-state index in [4.69, 9.17) is 4.74 Å². The Kier molecular flexibility index (Phi) is 1.68. The second-order valence-electron chi connectivity index (χ2n) is 3.24. The molecule has 0 saturated heterocycles. The minimum Gasteiger partial charge on any atom is -0.497 e. The van der Waals surface area contributed by atoms with E-state index in [0.29, 0.717) is 5.92 Å². The lowest BCUT2D eigenvalue weighted by Gasteiger charge is -2.04. The van der Waals surface area contributed by atoms with E-state index >= 15 is 0 Å². The van der Waals surface area contributed by atoms with Crippen LogP contribution >= 0.6 is 0 Å². The minimum atomic E-state index is 0.607. The molecule has 1 heterocycles. The van der Waals surface area contributed by atoms with Gasteiger partial charge >= 0.3 is 0 Å². The van der Waals surface area contributed by atoms with Crippen LogP contribution in [0.2, 0.25) is 0 Å². The van der Waals surface area contributed by atoms with Crippen LogP contribution in [0.25, 0.3) is 0 Å². The van der Waals surface area contributed by atoms with Gasteiger partial charge in [0.05, 0.1) is 7.11 Å². The highest BCUT2D eigenvalue weighted by Crippen LogP contribution is 2.33. The number of hydrogen-bond donors (Lipinski definition) is 1. The molecular formula is C10H13NO. The van der Waals surface area contributed by atoms with E-state index in [2.05, 4.69) is 24.4 Å². The van der Waals surface area contributed by atoms with Gasteiger partial charge < -0.3 is 10.1 Å². The molecule has 1 N–H and O–H groups in total. The molecule has 0 radical (unpaired) electrons. The van der Waals surface area contributed by atoms with E-state index in [0.717, 1.165) is 12.3 Å². The molecule has 2 heteroatoms. The summed E-state index contributed by atoms with van der Waals surface area (Å²) in [5, 5.41) is 3.35. The average Bonchev–Trinajstić information content (AvgIpc) is 2.47. The van der Waals surface area contributed by atoms with Gasteiger partial charge in [-0.1, -0.05) is 6.92 Å². The second-order valence-corrected chi connectivity index (χ2v) is 3.24. The van der Waals surface area contributed by atoms with Crippen LogP contribution in [0.3, 0.4) is 0 Å². The Balaban J connectivity index is 2.43. The Morgan fingerprint density at radius 3 is 3.08 bits per heavy atom. The Morgan fingerprint density at radius 1 is 1.50 bits per heavy atom. The lowest BCUT2D eigenvalue weighted by Crippen LogP contribution is -1.95. The van der Waals surface area contributed by atoms with E-state index in [1.807, 2.05) is 6.07 Å². The summed E-state index contributed by atoms with van der Waals surface area (Å²) >= 11 is 0. The zero-order chi connectivity index (χ0) is 8.55. The Bertz CT molecular complexity index is 296. The summed E-state index contributed by atoms with van der Waals surface area (Å²) in [5.74, 6) is 1.56. The van der Waals surface area contributed by atoms with Crippen molar-refractivity contribution in [3.63, 3.8) is 0 Å². The number of benzene rings is 1. The van der Waals surface area contributed by atoms with Crippen LogP contribution in [0, 0.1) is 0 Å². The van der Waals surface area contributed by atoms with Crippen LogP contribution in [-0.4, -0.2) is 13.7 Å². The first-order valence-corrected chi connectivity index (χ1v) is 4.23. The lowest BCUT2D eigenvalue weighted by atomic mass is 10.0. The topological polar surface area (TPSA) is 21.3 Å². The van der Waals surface area contributed by atoms with Gasteiger partial charge in [-0.3, -0.25) is 0 Å². The molecule has 1 aliphatic rings. The molecule has 2 rings (SSSR count). The largest absolute Gasteiger partial charge is 0.497 e. The molecule has 0 aliphatic carbocycles. The van der Waals surface area contributed by atoms with Crippen LogP contribution < -0.4 is 10.1 Å². The number of fused-ring (bicyclic) bond motifs is 1. The zero-order valence-corrected chi connectivity index (χ0v) is 7.42. The minimum absolute atomic E-state index is 0.607. The fourth-order valence-corrected chi connectivity index (χ4v) is 1.61. The molecule has 0 fully saturated rings. The number of rotatable bonds is 1. The van der Waals surface area contributed by atoms with E-state index in [1.54, 1.807) is 7.11 Å². The number of ether oxygens (including phenoxy) is 1. The maximum Gasteiger partial charge on any atom is 0.119 e. The van der Waals surface area contributed by atoms with Crippen LogP contribution in [0.4, 0.5) is 5.69 Å². The first-order valence-electron chi connectivity index (χ1n) is 4.23. The van der Waals surface area contributed by atoms with Gasteiger partial charge in [-0.25, -0.2) is 0 Å². The summed E-state index contributed by atoms with van der Waals surface area (Å²) in [7, 11) is 1.70. The van der Waals surface area contributed by atoms with Crippen LogP contribution in [0.15, 0.2) is 18.2 Å². The van der Waals surface area contributed by atoms with Gasteiger partial charge in [0.2, 0.25) is 0 Å². The predicted molar refractivity (Wildman–Crippen MR) is 49.9 cm³/mol. The summed E-state index contributed by atoms with van der Waals surface area (Å²) in [4.78, 5) is 0. The molecule has 0 saturated carbocycles.